The molecule has 3 nitrogen and oxygen atoms in total. The Kier molecular flexibility index (Phi) is 3.46. The molecule has 88 valence electrons. The van der Waals surface area contributed by atoms with Gasteiger partial charge in [-0.2, -0.15) is 0 Å². The van der Waals surface area contributed by atoms with E-state index in [1.807, 2.05) is 37.4 Å². The van der Waals surface area contributed by atoms with Gasteiger partial charge in [-0.05, 0) is 31.4 Å². The van der Waals surface area contributed by atoms with Gasteiger partial charge in [0.25, 0.3) is 0 Å². The third-order valence-corrected chi connectivity index (χ3v) is 3.45. The summed E-state index contributed by atoms with van der Waals surface area (Å²) in [6.07, 6.45) is 1.40. The number of hydrogen-bond acceptors (Lipinski definition) is 3. The lowest BCUT2D eigenvalue weighted by atomic mass is 9.89. The van der Waals surface area contributed by atoms with Crippen LogP contribution in [0, 0.1) is 0 Å². The van der Waals surface area contributed by atoms with Crippen LogP contribution in [0.3, 0.4) is 0 Å². The average Bonchev–Trinajstić information content (AvgIpc) is 2.33. The molecule has 16 heavy (non-hydrogen) atoms. The van der Waals surface area contributed by atoms with E-state index < -0.39 is 12.2 Å². The smallest absolute Gasteiger partial charge is 0.100 e. The Morgan fingerprint density at radius 1 is 1.12 bits per heavy atom. The molecule has 1 aliphatic rings. The molecule has 0 aliphatic heterocycles. The van der Waals surface area contributed by atoms with E-state index in [1.165, 1.54) is 0 Å². The molecule has 1 fully saturated rings. The number of hydrogen-bond donors (Lipinski definition) is 2. The van der Waals surface area contributed by atoms with Crippen molar-refractivity contribution >= 4 is 5.69 Å². The Bertz CT molecular complexity index is 328. The first kappa shape index (κ1) is 11.4. The van der Waals surface area contributed by atoms with Crippen LogP contribution < -0.4 is 4.90 Å². The number of nitrogens with zero attached hydrogens (tertiary/aromatic N) is 1. The summed E-state index contributed by atoms with van der Waals surface area (Å²) in [6, 6.07) is 10.0. The van der Waals surface area contributed by atoms with Crippen LogP contribution in [0.1, 0.15) is 19.3 Å². The Morgan fingerprint density at radius 3 is 2.50 bits per heavy atom. The minimum Gasteiger partial charge on any atom is -0.390 e. The van der Waals surface area contributed by atoms with Crippen LogP contribution in [-0.4, -0.2) is 35.5 Å². The van der Waals surface area contributed by atoms with E-state index in [2.05, 4.69) is 4.90 Å². The molecule has 0 radical (unpaired) electrons. The Hall–Kier alpha value is -1.06. The van der Waals surface area contributed by atoms with Crippen LogP contribution >= 0.6 is 0 Å². The molecule has 1 aromatic carbocycles. The van der Waals surface area contributed by atoms with Crippen molar-refractivity contribution in [3.05, 3.63) is 30.3 Å². The standard InChI is InChI=1S/C13H19NO2/c1-14(10-6-3-2-4-7-10)11-8-5-9-12(15)13(11)16/h2-4,6-7,11-13,15-16H,5,8-9H2,1H3. The van der Waals surface area contributed by atoms with E-state index in [9.17, 15) is 10.2 Å². The van der Waals surface area contributed by atoms with Crippen LogP contribution in [0.4, 0.5) is 5.69 Å². The van der Waals surface area contributed by atoms with E-state index >= 15 is 0 Å². The van der Waals surface area contributed by atoms with Gasteiger partial charge in [0.1, 0.15) is 6.10 Å². The topological polar surface area (TPSA) is 43.7 Å². The molecule has 0 aromatic heterocycles. The van der Waals surface area contributed by atoms with Crippen molar-refractivity contribution in [2.45, 2.75) is 37.5 Å². The molecule has 3 atom stereocenters. The first-order valence-corrected chi connectivity index (χ1v) is 5.84. The second-order valence-electron chi connectivity index (χ2n) is 4.50. The normalized spacial score (nSPS) is 30.1. The molecule has 1 saturated carbocycles. The third kappa shape index (κ3) is 2.20. The SMILES string of the molecule is CN(c1ccccc1)C1CCCC(O)C1O. The highest BCUT2D eigenvalue weighted by molar-refractivity contribution is 5.46. The minimum atomic E-state index is -0.640. The van der Waals surface area contributed by atoms with Gasteiger partial charge in [0, 0.05) is 12.7 Å². The van der Waals surface area contributed by atoms with Crippen LogP contribution in [-0.2, 0) is 0 Å². The second kappa shape index (κ2) is 4.85. The van der Waals surface area contributed by atoms with E-state index in [0.29, 0.717) is 6.42 Å². The highest BCUT2D eigenvalue weighted by Crippen LogP contribution is 2.26. The van der Waals surface area contributed by atoms with Gasteiger partial charge >= 0.3 is 0 Å². The fourth-order valence-corrected chi connectivity index (χ4v) is 2.41. The van der Waals surface area contributed by atoms with Crippen LogP contribution in [0.2, 0.25) is 0 Å². The summed E-state index contributed by atoms with van der Waals surface area (Å²) < 4.78 is 0. The lowest BCUT2D eigenvalue weighted by Crippen LogP contribution is -2.50. The Labute approximate surface area is 96.3 Å². The maximum absolute atomic E-state index is 9.98. The number of rotatable bonds is 2. The first-order valence-electron chi connectivity index (χ1n) is 5.84. The van der Waals surface area contributed by atoms with E-state index in [1.54, 1.807) is 0 Å². The maximum atomic E-state index is 9.98. The van der Waals surface area contributed by atoms with E-state index in [0.717, 1.165) is 18.5 Å². The summed E-state index contributed by atoms with van der Waals surface area (Å²) in [5.74, 6) is 0. The predicted octanol–water partition coefficient (Wildman–Crippen LogP) is 1.40. The number of aliphatic hydroxyl groups is 2. The van der Waals surface area contributed by atoms with Crippen molar-refractivity contribution in [3.8, 4) is 0 Å². The van der Waals surface area contributed by atoms with Gasteiger partial charge in [-0.3, -0.25) is 0 Å². The molecular weight excluding hydrogens is 202 g/mol. The van der Waals surface area contributed by atoms with E-state index in [4.69, 9.17) is 0 Å². The summed E-state index contributed by atoms with van der Waals surface area (Å²) in [4.78, 5) is 2.06. The molecule has 1 aliphatic carbocycles. The van der Waals surface area contributed by atoms with Crippen molar-refractivity contribution in [2.75, 3.05) is 11.9 Å². The molecule has 0 heterocycles. The maximum Gasteiger partial charge on any atom is 0.100 e. The number of likely N-dealkylation sites (N-methyl/N-ethyl adjacent to an activating group) is 1. The second-order valence-corrected chi connectivity index (χ2v) is 4.50. The van der Waals surface area contributed by atoms with Crippen molar-refractivity contribution in [1.29, 1.82) is 0 Å². The van der Waals surface area contributed by atoms with E-state index in [-0.39, 0.29) is 6.04 Å². The van der Waals surface area contributed by atoms with Crippen molar-refractivity contribution in [2.24, 2.45) is 0 Å². The first-order chi connectivity index (χ1) is 7.70. The zero-order chi connectivity index (χ0) is 11.5. The zero-order valence-corrected chi connectivity index (χ0v) is 9.58. The average molecular weight is 221 g/mol. The largest absolute Gasteiger partial charge is 0.390 e. The molecule has 3 unspecified atom stereocenters. The van der Waals surface area contributed by atoms with Crippen LogP contribution in [0.5, 0.6) is 0 Å². The summed E-state index contributed by atoms with van der Waals surface area (Å²) in [7, 11) is 1.97. The lowest BCUT2D eigenvalue weighted by molar-refractivity contribution is -0.0215. The summed E-state index contributed by atoms with van der Waals surface area (Å²) in [5, 5.41) is 19.6. The van der Waals surface area contributed by atoms with Gasteiger partial charge < -0.3 is 15.1 Å². The van der Waals surface area contributed by atoms with Crippen molar-refractivity contribution in [1.82, 2.24) is 0 Å². The van der Waals surface area contributed by atoms with Gasteiger partial charge in [-0.25, -0.2) is 0 Å². The molecule has 0 bridgehead atoms. The highest BCUT2D eigenvalue weighted by atomic mass is 16.3. The number of aliphatic hydroxyl groups excluding tert-OH is 2. The summed E-state index contributed by atoms with van der Waals surface area (Å²) >= 11 is 0. The van der Waals surface area contributed by atoms with Gasteiger partial charge in [-0.15, -0.1) is 0 Å². The third-order valence-electron chi connectivity index (χ3n) is 3.45. The molecule has 2 rings (SSSR count). The molecule has 3 heteroatoms. The lowest BCUT2D eigenvalue weighted by Gasteiger charge is -2.39. The molecule has 2 N–H and O–H groups in total. The fourth-order valence-electron chi connectivity index (χ4n) is 2.41. The summed E-state index contributed by atoms with van der Waals surface area (Å²) in [5.41, 5.74) is 1.08. The minimum absolute atomic E-state index is 0.0196. The molecule has 0 saturated heterocycles. The van der Waals surface area contributed by atoms with Crippen molar-refractivity contribution < 1.29 is 10.2 Å². The Balaban J connectivity index is 2.12. The van der Waals surface area contributed by atoms with Gasteiger partial charge in [0.2, 0.25) is 0 Å². The van der Waals surface area contributed by atoms with Gasteiger partial charge in [0.15, 0.2) is 0 Å². The monoisotopic (exact) mass is 221 g/mol. The number of para-hydroxylation sites is 1. The van der Waals surface area contributed by atoms with Crippen LogP contribution in [0.25, 0.3) is 0 Å². The van der Waals surface area contributed by atoms with Crippen molar-refractivity contribution in [3.63, 3.8) is 0 Å². The molecule has 0 amide bonds. The Morgan fingerprint density at radius 2 is 1.81 bits per heavy atom. The molecular formula is C13H19NO2. The molecule has 1 aromatic rings. The van der Waals surface area contributed by atoms with Crippen LogP contribution in [0.15, 0.2) is 30.3 Å². The van der Waals surface area contributed by atoms with Gasteiger partial charge in [0.05, 0.1) is 12.1 Å². The fraction of sp³-hybridized carbons (Fsp3) is 0.538. The predicted molar refractivity (Wildman–Crippen MR) is 64.5 cm³/mol. The zero-order valence-electron chi connectivity index (χ0n) is 9.58. The molecule has 0 spiro atoms. The quantitative estimate of drug-likeness (QED) is 0.793. The number of anilines is 1. The number of benzene rings is 1. The highest BCUT2D eigenvalue weighted by Gasteiger charge is 2.33. The summed E-state index contributed by atoms with van der Waals surface area (Å²) in [6.45, 7) is 0. The van der Waals surface area contributed by atoms with Gasteiger partial charge in [-0.1, -0.05) is 18.2 Å².